The van der Waals surface area contributed by atoms with Crippen molar-refractivity contribution >= 4 is 17.9 Å². The number of amides is 3. The van der Waals surface area contributed by atoms with Gasteiger partial charge in [0.2, 0.25) is 11.8 Å². The zero-order chi connectivity index (χ0) is 16.5. The van der Waals surface area contributed by atoms with E-state index < -0.39 is 23.5 Å². The second kappa shape index (κ2) is 5.74. The van der Waals surface area contributed by atoms with Crippen LogP contribution in [0.4, 0.5) is 4.79 Å². The summed E-state index contributed by atoms with van der Waals surface area (Å²) in [4.78, 5) is 41.9. The molecule has 2 heterocycles. The Morgan fingerprint density at radius 3 is 2.55 bits per heavy atom. The van der Waals surface area contributed by atoms with Crippen molar-refractivity contribution in [3.63, 3.8) is 0 Å². The van der Waals surface area contributed by atoms with E-state index in [2.05, 4.69) is 10.1 Å². The zero-order valence-corrected chi connectivity index (χ0v) is 13.0. The summed E-state index contributed by atoms with van der Waals surface area (Å²) in [6.45, 7) is 4.58. The highest BCUT2D eigenvalue weighted by Crippen LogP contribution is 2.23. The summed E-state index contributed by atoms with van der Waals surface area (Å²) in [7, 11) is 1.53. The first-order chi connectivity index (χ1) is 10.2. The van der Waals surface area contributed by atoms with E-state index in [9.17, 15) is 14.4 Å². The molecule has 1 aliphatic rings. The molecule has 0 saturated carbocycles. The molecule has 9 nitrogen and oxygen atoms in total. The molecule has 0 N–H and O–H groups in total. The normalized spacial score (nSPS) is 16.8. The number of cyclic esters (lactones) is 1. The Balaban J connectivity index is 1.97. The van der Waals surface area contributed by atoms with Crippen LogP contribution in [0.5, 0.6) is 0 Å². The highest BCUT2D eigenvalue weighted by molar-refractivity contribution is 6.04. The number of hydrogen-bond donors (Lipinski definition) is 0. The van der Waals surface area contributed by atoms with Gasteiger partial charge in [-0.15, -0.1) is 0 Å². The van der Waals surface area contributed by atoms with Crippen LogP contribution in [-0.2, 0) is 27.3 Å². The third kappa shape index (κ3) is 3.07. The number of rotatable bonds is 5. The Labute approximate surface area is 127 Å². The highest BCUT2D eigenvalue weighted by atomic mass is 16.6. The number of nitrogens with zero attached hydrogens (tertiary/aromatic N) is 4. The van der Waals surface area contributed by atoms with Crippen molar-refractivity contribution < 1.29 is 23.6 Å². The van der Waals surface area contributed by atoms with Gasteiger partial charge in [0.05, 0.1) is 6.54 Å². The fraction of sp³-hybridized carbons (Fsp3) is 0.615. The monoisotopic (exact) mass is 310 g/mol. The minimum Gasteiger partial charge on any atom is -0.433 e. The minimum absolute atomic E-state index is 0.128. The van der Waals surface area contributed by atoms with Crippen LogP contribution >= 0.6 is 0 Å². The van der Waals surface area contributed by atoms with Gasteiger partial charge in [0.25, 0.3) is 5.91 Å². The molecule has 9 heteroatoms. The third-order valence-electron chi connectivity index (χ3n) is 3.23. The SMILES string of the molecule is CCc1nc(CN(C)C(=O)CN2C(=O)OC(C)(C)C2=O)no1. The molecule has 1 fully saturated rings. The fourth-order valence-corrected chi connectivity index (χ4v) is 1.92. The highest BCUT2D eigenvalue weighted by Gasteiger charge is 2.47. The van der Waals surface area contributed by atoms with Crippen molar-refractivity contribution in [1.82, 2.24) is 19.9 Å². The number of carbonyl (C=O) groups is 3. The molecule has 0 spiro atoms. The number of aryl methyl sites for hydroxylation is 1. The van der Waals surface area contributed by atoms with Crippen LogP contribution in [0.2, 0.25) is 0 Å². The molecular formula is C13H18N4O5. The van der Waals surface area contributed by atoms with Gasteiger partial charge in [0.15, 0.2) is 11.4 Å². The van der Waals surface area contributed by atoms with Gasteiger partial charge in [-0.3, -0.25) is 9.59 Å². The molecule has 0 atom stereocenters. The maximum absolute atomic E-state index is 12.1. The first kappa shape index (κ1) is 15.9. The summed E-state index contributed by atoms with van der Waals surface area (Å²) in [5, 5.41) is 3.74. The average Bonchev–Trinajstić information content (AvgIpc) is 2.96. The molecule has 1 aromatic rings. The van der Waals surface area contributed by atoms with Gasteiger partial charge in [0.1, 0.15) is 6.54 Å². The Bertz CT molecular complexity index is 609. The lowest BCUT2D eigenvalue weighted by Crippen LogP contribution is -2.43. The quantitative estimate of drug-likeness (QED) is 0.772. The predicted octanol–water partition coefficient (Wildman–Crippen LogP) is 0.348. The average molecular weight is 310 g/mol. The Morgan fingerprint density at radius 2 is 2.05 bits per heavy atom. The lowest BCUT2D eigenvalue weighted by atomic mass is 10.1. The second-order valence-corrected chi connectivity index (χ2v) is 5.48. The van der Waals surface area contributed by atoms with Crippen LogP contribution in [0.15, 0.2) is 4.52 Å². The van der Waals surface area contributed by atoms with Crippen molar-refractivity contribution in [2.75, 3.05) is 13.6 Å². The second-order valence-electron chi connectivity index (χ2n) is 5.48. The van der Waals surface area contributed by atoms with E-state index in [1.807, 2.05) is 6.92 Å². The van der Waals surface area contributed by atoms with Crippen LogP contribution < -0.4 is 0 Å². The van der Waals surface area contributed by atoms with E-state index in [4.69, 9.17) is 9.26 Å². The summed E-state index contributed by atoms with van der Waals surface area (Å²) in [5.74, 6) is -0.114. The molecule has 0 bridgehead atoms. The number of aromatic nitrogens is 2. The van der Waals surface area contributed by atoms with Gasteiger partial charge in [-0.1, -0.05) is 12.1 Å². The first-order valence-corrected chi connectivity index (χ1v) is 6.85. The molecule has 0 unspecified atom stereocenters. The fourth-order valence-electron chi connectivity index (χ4n) is 1.92. The summed E-state index contributed by atoms with van der Waals surface area (Å²) >= 11 is 0. The van der Waals surface area contributed by atoms with Gasteiger partial charge >= 0.3 is 6.09 Å². The van der Waals surface area contributed by atoms with Crippen molar-refractivity contribution in [3.8, 4) is 0 Å². The Kier molecular flexibility index (Phi) is 4.16. The van der Waals surface area contributed by atoms with E-state index in [-0.39, 0.29) is 13.1 Å². The minimum atomic E-state index is -1.24. The number of imide groups is 1. The topological polar surface area (TPSA) is 106 Å². The first-order valence-electron chi connectivity index (χ1n) is 6.85. The summed E-state index contributed by atoms with van der Waals surface area (Å²) < 4.78 is 9.87. The summed E-state index contributed by atoms with van der Waals surface area (Å²) in [6, 6.07) is 0. The van der Waals surface area contributed by atoms with E-state index in [1.54, 1.807) is 0 Å². The molecule has 0 radical (unpaired) electrons. The molecule has 0 aliphatic carbocycles. The molecule has 2 rings (SSSR count). The van der Waals surface area contributed by atoms with Crippen molar-refractivity contribution in [2.45, 2.75) is 39.3 Å². The van der Waals surface area contributed by atoms with E-state index >= 15 is 0 Å². The van der Waals surface area contributed by atoms with E-state index in [0.29, 0.717) is 18.1 Å². The van der Waals surface area contributed by atoms with Crippen LogP contribution in [0, 0.1) is 0 Å². The van der Waals surface area contributed by atoms with Crippen molar-refractivity contribution in [1.29, 1.82) is 0 Å². The van der Waals surface area contributed by atoms with E-state index in [1.165, 1.54) is 25.8 Å². The largest absolute Gasteiger partial charge is 0.433 e. The van der Waals surface area contributed by atoms with Gasteiger partial charge < -0.3 is 14.2 Å². The Morgan fingerprint density at radius 1 is 1.36 bits per heavy atom. The molecule has 120 valence electrons. The van der Waals surface area contributed by atoms with E-state index in [0.717, 1.165) is 4.90 Å². The molecule has 1 aliphatic heterocycles. The van der Waals surface area contributed by atoms with Gasteiger partial charge in [-0.05, 0) is 13.8 Å². The molecule has 0 aromatic carbocycles. The number of carbonyl (C=O) groups excluding carboxylic acids is 3. The van der Waals surface area contributed by atoms with Gasteiger partial charge in [0, 0.05) is 13.5 Å². The van der Waals surface area contributed by atoms with Crippen LogP contribution in [0.1, 0.15) is 32.5 Å². The molecule has 1 aromatic heterocycles. The van der Waals surface area contributed by atoms with Crippen LogP contribution in [0.3, 0.4) is 0 Å². The number of likely N-dealkylation sites (N-methyl/N-ethyl adjacent to an activating group) is 1. The molecular weight excluding hydrogens is 292 g/mol. The maximum Gasteiger partial charge on any atom is 0.418 e. The number of ether oxygens (including phenoxy) is 1. The predicted molar refractivity (Wildman–Crippen MR) is 72.4 cm³/mol. The zero-order valence-electron chi connectivity index (χ0n) is 13.0. The third-order valence-corrected chi connectivity index (χ3v) is 3.23. The molecule has 22 heavy (non-hydrogen) atoms. The standard InChI is InChI=1S/C13H18N4O5/c1-5-9-14-8(15-22-9)6-16(4)10(18)7-17-11(19)13(2,3)21-12(17)20/h5-7H2,1-4H3. The lowest BCUT2D eigenvalue weighted by molar-refractivity contribution is -0.139. The van der Waals surface area contributed by atoms with Gasteiger partial charge in [-0.2, -0.15) is 4.98 Å². The van der Waals surface area contributed by atoms with Crippen LogP contribution in [0.25, 0.3) is 0 Å². The maximum atomic E-state index is 12.1. The molecule has 3 amide bonds. The van der Waals surface area contributed by atoms with Gasteiger partial charge in [-0.25, -0.2) is 9.69 Å². The smallest absolute Gasteiger partial charge is 0.418 e. The summed E-state index contributed by atoms with van der Waals surface area (Å²) in [5.41, 5.74) is -1.24. The number of hydrogen-bond acceptors (Lipinski definition) is 7. The van der Waals surface area contributed by atoms with Crippen LogP contribution in [-0.4, -0.2) is 57.0 Å². The van der Waals surface area contributed by atoms with Crippen molar-refractivity contribution in [3.05, 3.63) is 11.7 Å². The lowest BCUT2D eigenvalue weighted by Gasteiger charge is -2.18. The summed E-state index contributed by atoms with van der Waals surface area (Å²) in [6.07, 6.45) is -0.210. The Hall–Kier alpha value is -2.45. The van der Waals surface area contributed by atoms with Crippen molar-refractivity contribution in [2.24, 2.45) is 0 Å². The molecule has 1 saturated heterocycles.